The van der Waals surface area contributed by atoms with Crippen molar-refractivity contribution < 1.29 is 0 Å². The van der Waals surface area contributed by atoms with Gasteiger partial charge in [-0.05, 0) is 28.8 Å². The normalized spacial score (nSPS) is 15.9. The molecule has 4 rings (SSSR count). The van der Waals surface area contributed by atoms with E-state index in [2.05, 4.69) is 30.9 Å². The van der Waals surface area contributed by atoms with Crippen LogP contribution in [0.2, 0.25) is 0 Å². The van der Waals surface area contributed by atoms with Crippen molar-refractivity contribution in [1.29, 1.82) is 0 Å². The van der Waals surface area contributed by atoms with Crippen LogP contribution in [0.3, 0.4) is 0 Å². The summed E-state index contributed by atoms with van der Waals surface area (Å²) in [5.41, 5.74) is 1.97. The zero-order valence-electron chi connectivity index (χ0n) is 13.8. The lowest BCUT2D eigenvalue weighted by Crippen LogP contribution is -2.13. The van der Waals surface area contributed by atoms with Crippen LogP contribution in [0.1, 0.15) is 55.2 Å². The summed E-state index contributed by atoms with van der Waals surface area (Å²) in [6.07, 6.45) is 12.8. The molecule has 9 heteroatoms. The van der Waals surface area contributed by atoms with Gasteiger partial charge in [-0.1, -0.05) is 24.5 Å². The second kappa shape index (κ2) is 6.50. The molecule has 1 saturated carbocycles. The standard InChI is InChI=1S/C15H21N9/c1-22-9-12(8-16-22)7-15-18-19-21-24(15)11-13-10-23(20-17-13)14-5-3-2-4-6-14/h8-10,14H,2-7,11H2,1H3. The van der Waals surface area contributed by atoms with Crippen molar-refractivity contribution in [3.63, 3.8) is 0 Å². The van der Waals surface area contributed by atoms with Gasteiger partial charge in [0.05, 0.1) is 25.0 Å². The fraction of sp³-hybridized carbons (Fsp3) is 0.600. The third kappa shape index (κ3) is 3.19. The van der Waals surface area contributed by atoms with E-state index in [-0.39, 0.29) is 0 Å². The number of aromatic nitrogens is 9. The molecule has 0 saturated heterocycles. The van der Waals surface area contributed by atoms with Crippen molar-refractivity contribution in [2.24, 2.45) is 7.05 Å². The first-order valence-electron chi connectivity index (χ1n) is 8.41. The first-order chi connectivity index (χ1) is 11.8. The molecule has 3 heterocycles. The number of tetrazole rings is 1. The monoisotopic (exact) mass is 327 g/mol. The number of hydrogen-bond donors (Lipinski definition) is 0. The number of rotatable bonds is 5. The Morgan fingerprint density at radius 1 is 1.08 bits per heavy atom. The molecule has 0 unspecified atom stereocenters. The Morgan fingerprint density at radius 2 is 1.96 bits per heavy atom. The molecule has 1 fully saturated rings. The molecule has 0 spiro atoms. The summed E-state index contributed by atoms with van der Waals surface area (Å²) in [6.45, 7) is 0.537. The van der Waals surface area contributed by atoms with Crippen LogP contribution in [-0.2, 0) is 20.0 Å². The lowest BCUT2D eigenvalue weighted by Gasteiger charge is -2.20. The summed E-state index contributed by atoms with van der Waals surface area (Å²) < 4.78 is 5.57. The second-order valence-electron chi connectivity index (χ2n) is 6.43. The molecule has 0 bridgehead atoms. The fourth-order valence-electron chi connectivity index (χ4n) is 3.28. The number of nitrogens with zero attached hydrogens (tertiary/aromatic N) is 9. The van der Waals surface area contributed by atoms with Crippen molar-refractivity contribution in [3.05, 3.63) is 35.7 Å². The van der Waals surface area contributed by atoms with E-state index in [1.807, 2.05) is 30.3 Å². The highest BCUT2D eigenvalue weighted by Gasteiger charge is 2.17. The van der Waals surface area contributed by atoms with Gasteiger partial charge in [0.15, 0.2) is 5.82 Å². The Morgan fingerprint density at radius 3 is 2.75 bits per heavy atom. The van der Waals surface area contributed by atoms with Crippen molar-refractivity contribution in [2.45, 2.75) is 51.1 Å². The molecule has 3 aromatic heterocycles. The van der Waals surface area contributed by atoms with Crippen LogP contribution in [0.25, 0.3) is 0 Å². The maximum atomic E-state index is 4.31. The van der Waals surface area contributed by atoms with Gasteiger partial charge in [-0.15, -0.1) is 10.2 Å². The predicted octanol–water partition coefficient (Wildman–Crippen LogP) is 1.14. The highest BCUT2D eigenvalue weighted by atomic mass is 15.5. The van der Waals surface area contributed by atoms with Crippen LogP contribution in [0.4, 0.5) is 0 Å². The zero-order chi connectivity index (χ0) is 16.4. The smallest absolute Gasteiger partial charge is 0.156 e. The second-order valence-corrected chi connectivity index (χ2v) is 6.43. The summed E-state index contributed by atoms with van der Waals surface area (Å²) in [5, 5.41) is 24.8. The van der Waals surface area contributed by atoms with Crippen molar-refractivity contribution in [2.75, 3.05) is 0 Å². The van der Waals surface area contributed by atoms with E-state index < -0.39 is 0 Å². The molecular weight excluding hydrogens is 306 g/mol. The predicted molar refractivity (Wildman–Crippen MR) is 85.1 cm³/mol. The van der Waals surface area contributed by atoms with E-state index in [4.69, 9.17) is 0 Å². The summed E-state index contributed by atoms with van der Waals surface area (Å²) in [6, 6.07) is 0.490. The maximum Gasteiger partial charge on any atom is 0.156 e. The van der Waals surface area contributed by atoms with Crippen LogP contribution < -0.4 is 0 Å². The van der Waals surface area contributed by atoms with Crippen LogP contribution in [0, 0.1) is 0 Å². The Bertz CT molecular complexity index is 793. The van der Waals surface area contributed by atoms with Gasteiger partial charge in [-0.25, -0.2) is 9.36 Å². The van der Waals surface area contributed by atoms with E-state index in [9.17, 15) is 0 Å². The molecule has 126 valence electrons. The van der Waals surface area contributed by atoms with Crippen LogP contribution in [0.15, 0.2) is 18.6 Å². The fourth-order valence-corrected chi connectivity index (χ4v) is 3.28. The SMILES string of the molecule is Cn1cc(Cc2nnnn2Cc2cn(C3CCCCC3)nn2)cn1. The Hall–Kier alpha value is -2.58. The molecule has 24 heavy (non-hydrogen) atoms. The lowest BCUT2D eigenvalue weighted by atomic mass is 9.96. The van der Waals surface area contributed by atoms with Crippen molar-refractivity contribution in [3.8, 4) is 0 Å². The Balaban J connectivity index is 1.46. The largest absolute Gasteiger partial charge is 0.276 e. The molecule has 0 radical (unpaired) electrons. The number of hydrogen-bond acceptors (Lipinski definition) is 6. The first-order valence-corrected chi connectivity index (χ1v) is 8.41. The molecular formula is C15H21N9. The molecule has 0 N–H and O–H groups in total. The Kier molecular flexibility index (Phi) is 4.06. The first kappa shape index (κ1) is 15.0. The molecule has 0 atom stereocenters. The van der Waals surface area contributed by atoms with Crippen molar-refractivity contribution >= 4 is 0 Å². The summed E-state index contributed by atoms with van der Waals surface area (Å²) >= 11 is 0. The molecule has 0 aromatic carbocycles. The molecule has 9 nitrogen and oxygen atoms in total. The number of aryl methyl sites for hydroxylation is 1. The van der Waals surface area contributed by atoms with Gasteiger partial charge < -0.3 is 0 Å². The lowest BCUT2D eigenvalue weighted by molar-refractivity contribution is 0.324. The van der Waals surface area contributed by atoms with Gasteiger partial charge in [-0.3, -0.25) is 4.68 Å². The molecule has 1 aliphatic carbocycles. The summed E-state index contributed by atoms with van der Waals surface area (Å²) in [5.74, 6) is 0.801. The molecule has 1 aliphatic rings. The van der Waals surface area contributed by atoms with Crippen LogP contribution in [-0.4, -0.2) is 45.0 Å². The minimum absolute atomic E-state index is 0.490. The van der Waals surface area contributed by atoms with Gasteiger partial charge in [0, 0.05) is 19.7 Å². The van der Waals surface area contributed by atoms with Gasteiger partial charge in [0.1, 0.15) is 5.69 Å². The average Bonchev–Trinajstić information content (AvgIpc) is 3.32. The highest BCUT2D eigenvalue weighted by molar-refractivity contribution is 5.11. The van der Waals surface area contributed by atoms with Gasteiger partial charge >= 0.3 is 0 Å². The van der Waals surface area contributed by atoms with Gasteiger partial charge in [-0.2, -0.15) is 5.10 Å². The third-order valence-electron chi connectivity index (χ3n) is 4.54. The van der Waals surface area contributed by atoms with Gasteiger partial charge in [0.2, 0.25) is 0 Å². The van der Waals surface area contributed by atoms with E-state index >= 15 is 0 Å². The van der Waals surface area contributed by atoms with E-state index in [1.54, 1.807) is 9.36 Å². The average molecular weight is 327 g/mol. The molecule has 3 aromatic rings. The molecule has 0 amide bonds. The summed E-state index contributed by atoms with van der Waals surface area (Å²) in [4.78, 5) is 0. The Labute approximate surface area is 139 Å². The van der Waals surface area contributed by atoms with E-state index in [1.165, 1.54) is 32.1 Å². The highest BCUT2D eigenvalue weighted by Crippen LogP contribution is 2.27. The van der Waals surface area contributed by atoms with E-state index in [0.29, 0.717) is 19.0 Å². The zero-order valence-corrected chi connectivity index (χ0v) is 13.8. The molecule has 0 aliphatic heterocycles. The summed E-state index contributed by atoms with van der Waals surface area (Å²) in [7, 11) is 1.90. The quantitative estimate of drug-likeness (QED) is 0.698. The topological polar surface area (TPSA) is 92.1 Å². The van der Waals surface area contributed by atoms with Crippen LogP contribution >= 0.6 is 0 Å². The minimum atomic E-state index is 0.490. The van der Waals surface area contributed by atoms with Gasteiger partial charge in [0.25, 0.3) is 0 Å². The third-order valence-corrected chi connectivity index (χ3v) is 4.54. The van der Waals surface area contributed by atoms with Crippen LogP contribution in [0.5, 0.6) is 0 Å². The van der Waals surface area contributed by atoms with E-state index in [0.717, 1.165) is 17.1 Å². The van der Waals surface area contributed by atoms with Crippen molar-refractivity contribution in [1.82, 2.24) is 45.0 Å². The minimum Gasteiger partial charge on any atom is -0.276 e. The maximum absolute atomic E-state index is 4.31.